The number of aryl methyl sites for hydroxylation is 2. The van der Waals surface area contributed by atoms with Gasteiger partial charge in [-0.3, -0.25) is 4.68 Å². The Morgan fingerprint density at radius 1 is 1.35 bits per heavy atom. The number of para-hydroxylation sites is 1. The van der Waals surface area contributed by atoms with E-state index in [9.17, 15) is 0 Å². The third kappa shape index (κ3) is 3.61. The van der Waals surface area contributed by atoms with Gasteiger partial charge < -0.3 is 10.5 Å². The molecular formula is C16H23N3O. The standard InChI is InChI=1S/C16H23N3O/c1-4-14(17)10-13-7-5-6-8-16(13)20-11-15-9-12(2)18-19(15)3/h5-9,14H,4,10-11,17H2,1-3H3. The van der Waals surface area contributed by atoms with Gasteiger partial charge in [0.05, 0.1) is 11.4 Å². The molecular weight excluding hydrogens is 250 g/mol. The van der Waals surface area contributed by atoms with Gasteiger partial charge in [-0.1, -0.05) is 25.1 Å². The van der Waals surface area contributed by atoms with Crippen molar-refractivity contribution in [1.29, 1.82) is 0 Å². The zero-order chi connectivity index (χ0) is 14.5. The molecule has 2 aromatic rings. The number of nitrogens with zero attached hydrogens (tertiary/aromatic N) is 2. The number of hydrogen-bond acceptors (Lipinski definition) is 3. The van der Waals surface area contributed by atoms with Crippen molar-refractivity contribution in [2.75, 3.05) is 0 Å². The second-order valence-electron chi connectivity index (χ2n) is 5.17. The summed E-state index contributed by atoms with van der Waals surface area (Å²) in [4.78, 5) is 0. The topological polar surface area (TPSA) is 53.1 Å². The fourth-order valence-electron chi connectivity index (χ4n) is 2.19. The fourth-order valence-corrected chi connectivity index (χ4v) is 2.19. The molecule has 1 atom stereocenters. The third-order valence-electron chi connectivity index (χ3n) is 3.45. The van der Waals surface area contributed by atoms with Crippen molar-refractivity contribution in [3.05, 3.63) is 47.3 Å². The summed E-state index contributed by atoms with van der Waals surface area (Å²) in [6.45, 7) is 4.61. The molecule has 0 spiro atoms. The molecule has 1 unspecified atom stereocenters. The molecule has 0 bridgehead atoms. The molecule has 108 valence electrons. The monoisotopic (exact) mass is 273 g/mol. The second-order valence-corrected chi connectivity index (χ2v) is 5.17. The maximum Gasteiger partial charge on any atom is 0.130 e. The molecule has 0 saturated heterocycles. The van der Waals surface area contributed by atoms with Crippen molar-refractivity contribution >= 4 is 0 Å². The molecule has 4 nitrogen and oxygen atoms in total. The fraction of sp³-hybridized carbons (Fsp3) is 0.438. The molecule has 0 fully saturated rings. The van der Waals surface area contributed by atoms with Gasteiger partial charge in [0.15, 0.2) is 0 Å². The van der Waals surface area contributed by atoms with Crippen LogP contribution in [-0.4, -0.2) is 15.8 Å². The Morgan fingerprint density at radius 2 is 2.10 bits per heavy atom. The minimum Gasteiger partial charge on any atom is -0.487 e. The van der Waals surface area contributed by atoms with E-state index in [2.05, 4.69) is 18.1 Å². The van der Waals surface area contributed by atoms with Gasteiger partial charge in [0.25, 0.3) is 0 Å². The zero-order valence-corrected chi connectivity index (χ0v) is 12.5. The SMILES string of the molecule is CCC(N)Cc1ccccc1OCc1cc(C)nn1C. The van der Waals surface area contributed by atoms with Crippen molar-refractivity contribution in [1.82, 2.24) is 9.78 Å². The van der Waals surface area contributed by atoms with Crippen LogP contribution < -0.4 is 10.5 Å². The summed E-state index contributed by atoms with van der Waals surface area (Å²) in [5, 5.41) is 4.32. The Bertz CT molecular complexity index is 563. The lowest BCUT2D eigenvalue weighted by Crippen LogP contribution is -2.21. The van der Waals surface area contributed by atoms with Crippen molar-refractivity contribution in [2.24, 2.45) is 12.8 Å². The molecule has 20 heavy (non-hydrogen) atoms. The molecule has 4 heteroatoms. The molecule has 0 aliphatic carbocycles. The normalized spacial score (nSPS) is 12.4. The maximum atomic E-state index is 6.04. The molecule has 1 aromatic heterocycles. The van der Waals surface area contributed by atoms with Crippen LogP contribution in [0.2, 0.25) is 0 Å². The van der Waals surface area contributed by atoms with Crippen LogP contribution in [0.25, 0.3) is 0 Å². The van der Waals surface area contributed by atoms with E-state index in [0.717, 1.165) is 30.0 Å². The van der Waals surface area contributed by atoms with Gasteiger partial charge in [-0.2, -0.15) is 5.10 Å². The first-order valence-corrected chi connectivity index (χ1v) is 7.06. The summed E-state index contributed by atoms with van der Waals surface area (Å²) < 4.78 is 7.80. The van der Waals surface area contributed by atoms with Crippen LogP contribution in [-0.2, 0) is 20.1 Å². The van der Waals surface area contributed by atoms with Crippen LogP contribution in [0, 0.1) is 6.92 Å². The quantitative estimate of drug-likeness (QED) is 0.880. The molecule has 0 saturated carbocycles. The van der Waals surface area contributed by atoms with E-state index in [4.69, 9.17) is 10.5 Å². The van der Waals surface area contributed by atoms with E-state index < -0.39 is 0 Å². The van der Waals surface area contributed by atoms with Crippen LogP contribution in [0.15, 0.2) is 30.3 Å². The van der Waals surface area contributed by atoms with Gasteiger partial charge in [0.1, 0.15) is 12.4 Å². The average Bonchev–Trinajstić information content (AvgIpc) is 2.76. The van der Waals surface area contributed by atoms with Crippen molar-refractivity contribution in [3.8, 4) is 5.75 Å². The number of ether oxygens (including phenoxy) is 1. The summed E-state index contributed by atoms with van der Waals surface area (Å²) in [5.74, 6) is 0.912. The van der Waals surface area contributed by atoms with Crippen molar-refractivity contribution in [3.63, 3.8) is 0 Å². The molecule has 1 heterocycles. The van der Waals surface area contributed by atoms with Gasteiger partial charge in [0, 0.05) is 13.1 Å². The van der Waals surface area contributed by atoms with Gasteiger partial charge in [-0.05, 0) is 37.5 Å². The maximum absolute atomic E-state index is 6.04. The Hall–Kier alpha value is -1.81. The first-order chi connectivity index (χ1) is 9.60. The van der Waals surface area contributed by atoms with Crippen LogP contribution in [0.3, 0.4) is 0 Å². The third-order valence-corrected chi connectivity index (χ3v) is 3.45. The number of hydrogen-bond donors (Lipinski definition) is 1. The van der Waals surface area contributed by atoms with Crippen LogP contribution in [0.1, 0.15) is 30.3 Å². The first kappa shape index (κ1) is 14.6. The highest BCUT2D eigenvalue weighted by Gasteiger charge is 2.09. The van der Waals surface area contributed by atoms with E-state index in [1.54, 1.807) is 0 Å². The molecule has 0 aliphatic rings. The van der Waals surface area contributed by atoms with Gasteiger partial charge in [0.2, 0.25) is 0 Å². The molecule has 0 radical (unpaired) electrons. The summed E-state index contributed by atoms with van der Waals surface area (Å²) in [6.07, 6.45) is 1.81. The molecule has 2 rings (SSSR count). The zero-order valence-electron chi connectivity index (χ0n) is 12.5. The summed E-state index contributed by atoms with van der Waals surface area (Å²) in [7, 11) is 1.94. The van der Waals surface area contributed by atoms with E-state index >= 15 is 0 Å². The molecule has 0 amide bonds. The molecule has 2 N–H and O–H groups in total. The number of nitrogens with two attached hydrogens (primary N) is 1. The number of rotatable bonds is 6. The highest BCUT2D eigenvalue weighted by molar-refractivity contribution is 5.34. The lowest BCUT2D eigenvalue weighted by molar-refractivity contribution is 0.291. The van der Waals surface area contributed by atoms with E-state index in [0.29, 0.717) is 6.61 Å². The van der Waals surface area contributed by atoms with Crippen LogP contribution in [0.5, 0.6) is 5.75 Å². The highest BCUT2D eigenvalue weighted by Crippen LogP contribution is 2.21. The Labute approximate surface area is 120 Å². The van der Waals surface area contributed by atoms with Crippen LogP contribution in [0.4, 0.5) is 0 Å². The van der Waals surface area contributed by atoms with E-state index in [-0.39, 0.29) is 6.04 Å². The lowest BCUT2D eigenvalue weighted by Gasteiger charge is -2.14. The van der Waals surface area contributed by atoms with Crippen LogP contribution >= 0.6 is 0 Å². The lowest BCUT2D eigenvalue weighted by atomic mass is 10.0. The van der Waals surface area contributed by atoms with E-state index in [1.165, 1.54) is 5.56 Å². The predicted octanol–water partition coefficient (Wildman–Crippen LogP) is 2.59. The number of aromatic nitrogens is 2. The smallest absolute Gasteiger partial charge is 0.130 e. The largest absolute Gasteiger partial charge is 0.487 e. The Balaban J connectivity index is 2.07. The van der Waals surface area contributed by atoms with Gasteiger partial charge in [-0.25, -0.2) is 0 Å². The Kier molecular flexibility index (Phi) is 4.79. The van der Waals surface area contributed by atoms with E-state index in [1.807, 2.05) is 42.9 Å². The summed E-state index contributed by atoms with van der Waals surface area (Å²) in [6, 6.07) is 10.3. The second kappa shape index (κ2) is 6.57. The minimum atomic E-state index is 0.179. The predicted molar refractivity (Wildman–Crippen MR) is 80.7 cm³/mol. The van der Waals surface area contributed by atoms with Crippen molar-refractivity contribution < 1.29 is 4.74 Å². The average molecular weight is 273 g/mol. The minimum absolute atomic E-state index is 0.179. The number of benzene rings is 1. The van der Waals surface area contributed by atoms with Gasteiger partial charge >= 0.3 is 0 Å². The van der Waals surface area contributed by atoms with Crippen molar-refractivity contribution in [2.45, 2.75) is 39.3 Å². The summed E-state index contributed by atoms with van der Waals surface area (Å²) in [5.41, 5.74) is 9.28. The summed E-state index contributed by atoms with van der Waals surface area (Å²) >= 11 is 0. The first-order valence-electron chi connectivity index (χ1n) is 7.06. The highest BCUT2D eigenvalue weighted by atomic mass is 16.5. The molecule has 1 aromatic carbocycles. The molecule has 0 aliphatic heterocycles. The van der Waals surface area contributed by atoms with Gasteiger partial charge in [-0.15, -0.1) is 0 Å². The Morgan fingerprint density at radius 3 is 2.75 bits per heavy atom.